The number of hydrogen-bond acceptors (Lipinski definition) is 4. The Morgan fingerprint density at radius 1 is 1.20 bits per heavy atom. The van der Waals surface area contributed by atoms with E-state index in [1.54, 1.807) is 18.7 Å². The second kappa shape index (κ2) is 6.13. The molecule has 20 heavy (non-hydrogen) atoms. The van der Waals surface area contributed by atoms with Gasteiger partial charge in [0.2, 0.25) is 0 Å². The fourth-order valence-electron chi connectivity index (χ4n) is 2.08. The standard InChI is InChI=1S/C15H19N3OS/c1-9(2)13-14(17-8-18-15(13)20)11-5-12(7-16-6-11)19-10(3)4/h5-10H,1-4H3,(H,17,18,20). The molecule has 4 nitrogen and oxygen atoms in total. The summed E-state index contributed by atoms with van der Waals surface area (Å²) in [5.74, 6) is 1.04. The van der Waals surface area contributed by atoms with Crippen LogP contribution in [-0.2, 0) is 0 Å². The third kappa shape index (κ3) is 3.22. The van der Waals surface area contributed by atoms with E-state index < -0.39 is 0 Å². The van der Waals surface area contributed by atoms with Crippen LogP contribution in [0.2, 0.25) is 0 Å². The Bertz CT molecular complexity index is 650. The van der Waals surface area contributed by atoms with Gasteiger partial charge in [-0.05, 0) is 25.8 Å². The maximum Gasteiger partial charge on any atom is 0.138 e. The fraction of sp³-hybridized carbons (Fsp3) is 0.400. The Kier molecular flexibility index (Phi) is 4.49. The second-order valence-electron chi connectivity index (χ2n) is 5.23. The molecule has 0 aromatic carbocycles. The molecule has 0 fully saturated rings. The van der Waals surface area contributed by atoms with E-state index in [0.717, 1.165) is 22.6 Å². The molecule has 0 atom stereocenters. The van der Waals surface area contributed by atoms with Gasteiger partial charge in [0.15, 0.2) is 0 Å². The summed E-state index contributed by atoms with van der Waals surface area (Å²) < 4.78 is 6.32. The number of hydrogen-bond donors (Lipinski definition) is 1. The molecule has 2 rings (SSSR count). The monoisotopic (exact) mass is 289 g/mol. The number of rotatable bonds is 4. The SMILES string of the molecule is CC(C)Oc1cncc(-c2[nH]cnc(=S)c2C(C)C)c1. The maximum atomic E-state index is 5.69. The minimum Gasteiger partial charge on any atom is -0.489 e. The van der Waals surface area contributed by atoms with Gasteiger partial charge in [0, 0.05) is 17.3 Å². The first-order valence-corrected chi connectivity index (χ1v) is 7.09. The number of ether oxygens (including phenoxy) is 1. The van der Waals surface area contributed by atoms with Crippen LogP contribution in [0.5, 0.6) is 5.75 Å². The van der Waals surface area contributed by atoms with Crippen molar-refractivity contribution in [3.05, 3.63) is 35.0 Å². The molecule has 0 saturated carbocycles. The summed E-state index contributed by atoms with van der Waals surface area (Å²) >= 11 is 5.34. The van der Waals surface area contributed by atoms with Gasteiger partial charge in [0.05, 0.1) is 24.3 Å². The molecule has 0 aliphatic carbocycles. The van der Waals surface area contributed by atoms with E-state index >= 15 is 0 Å². The van der Waals surface area contributed by atoms with Crippen molar-refractivity contribution in [2.75, 3.05) is 0 Å². The van der Waals surface area contributed by atoms with Gasteiger partial charge in [-0.25, -0.2) is 4.98 Å². The van der Waals surface area contributed by atoms with Gasteiger partial charge in [-0.2, -0.15) is 0 Å². The number of nitrogens with one attached hydrogen (secondary N) is 1. The van der Waals surface area contributed by atoms with Crippen molar-refractivity contribution < 1.29 is 4.74 Å². The molecule has 0 radical (unpaired) electrons. The molecular weight excluding hydrogens is 270 g/mol. The fourth-order valence-corrected chi connectivity index (χ4v) is 2.47. The van der Waals surface area contributed by atoms with Crippen LogP contribution >= 0.6 is 12.2 Å². The van der Waals surface area contributed by atoms with Gasteiger partial charge >= 0.3 is 0 Å². The van der Waals surface area contributed by atoms with Crippen LogP contribution in [0.4, 0.5) is 0 Å². The van der Waals surface area contributed by atoms with Crippen LogP contribution in [0, 0.1) is 4.64 Å². The first-order chi connectivity index (χ1) is 9.49. The molecular formula is C15H19N3OS. The average molecular weight is 289 g/mol. The van der Waals surface area contributed by atoms with Crippen LogP contribution in [0.1, 0.15) is 39.2 Å². The van der Waals surface area contributed by atoms with Gasteiger partial charge in [-0.3, -0.25) is 4.98 Å². The van der Waals surface area contributed by atoms with Crippen molar-refractivity contribution in [2.24, 2.45) is 0 Å². The van der Waals surface area contributed by atoms with E-state index in [-0.39, 0.29) is 12.0 Å². The lowest BCUT2D eigenvalue weighted by molar-refractivity contribution is 0.241. The molecule has 0 amide bonds. The van der Waals surface area contributed by atoms with E-state index in [4.69, 9.17) is 17.0 Å². The summed E-state index contributed by atoms with van der Waals surface area (Å²) in [4.78, 5) is 11.6. The zero-order valence-electron chi connectivity index (χ0n) is 12.2. The lowest BCUT2D eigenvalue weighted by atomic mass is 9.99. The van der Waals surface area contributed by atoms with Gasteiger partial charge in [-0.1, -0.05) is 26.1 Å². The number of aromatic amines is 1. The zero-order valence-corrected chi connectivity index (χ0v) is 13.0. The van der Waals surface area contributed by atoms with Crippen LogP contribution in [0.25, 0.3) is 11.3 Å². The molecule has 0 unspecified atom stereocenters. The Balaban J connectivity index is 2.52. The normalized spacial score (nSPS) is 11.1. The van der Waals surface area contributed by atoms with Gasteiger partial charge in [0.25, 0.3) is 0 Å². The summed E-state index contributed by atoms with van der Waals surface area (Å²) in [6.07, 6.45) is 5.26. The third-order valence-electron chi connectivity index (χ3n) is 2.84. The van der Waals surface area contributed by atoms with Crippen molar-refractivity contribution in [2.45, 2.75) is 39.7 Å². The lowest BCUT2D eigenvalue weighted by Gasteiger charge is -2.14. The first kappa shape index (κ1) is 14.7. The predicted octanol–water partition coefficient (Wildman–Crippen LogP) is 4.11. The third-order valence-corrected chi connectivity index (χ3v) is 3.17. The van der Waals surface area contributed by atoms with E-state index in [1.165, 1.54) is 0 Å². The van der Waals surface area contributed by atoms with Crippen LogP contribution < -0.4 is 4.74 Å². The smallest absolute Gasteiger partial charge is 0.138 e. The highest BCUT2D eigenvalue weighted by molar-refractivity contribution is 7.71. The quantitative estimate of drug-likeness (QED) is 0.860. The van der Waals surface area contributed by atoms with E-state index in [9.17, 15) is 0 Å². The van der Waals surface area contributed by atoms with Crippen LogP contribution in [0.3, 0.4) is 0 Å². The van der Waals surface area contributed by atoms with E-state index in [0.29, 0.717) is 4.64 Å². The van der Waals surface area contributed by atoms with Crippen molar-refractivity contribution in [3.8, 4) is 17.0 Å². The molecule has 0 aliphatic rings. The first-order valence-electron chi connectivity index (χ1n) is 6.68. The van der Waals surface area contributed by atoms with Gasteiger partial charge in [0.1, 0.15) is 10.4 Å². The molecule has 0 bridgehead atoms. The minimum atomic E-state index is 0.118. The topological polar surface area (TPSA) is 50.8 Å². The van der Waals surface area contributed by atoms with Crippen LogP contribution in [-0.4, -0.2) is 21.1 Å². The molecule has 0 saturated heterocycles. The Morgan fingerprint density at radius 3 is 2.60 bits per heavy atom. The van der Waals surface area contributed by atoms with Crippen LogP contribution in [0.15, 0.2) is 24.8 Å². The maximum absolute atomic E-state index is 5.69. The lowest BCUT2D eigenvalue weighted by Crippen LogP contribution is -2.06. The summed E-state index contributed by atoms with van der Waals surface area (Å²) in [5.41, 5.74) is 2.95. The predicted molar refractivity (Wildman–Crippen MR) is 82.5 cm³/mol. The number of nitrogens with zero attached hydrogens (tertiary/aromatic N) is 2. The zero-order chi connectivity index (χ0) is 14.7. The molecule has 2 aromatic rings. The summed E-state index contributed by atoms with van der Waals surface area (Å²) in [7, 11) is 0. The Morgan fingerprint density at radius 2 is 1.95 bits per heavy atom. The van der Waals surface area contributed by atoms with Crippen molar-refractivity contribution >= 4 is 12.2 Å². The summed E-state index contributed by atoms with van der Waals surface area (Å²) in [6.45, 7) is 8.19. The van der Waals surface area contributed by atoms with E-state index in [2.05, 4.69) is 28.8 Å². The molecule has 106 valence electrons. The Hall–Kier alpha value is -1.75. The molecule has 0 aliphatic heterocycles. The van der Waals surface area contributed by atoms with Crippen molar-refractivity contribution in [3.63, 3.8) is 0 Å². The second-order valence-corrected chi connectivity index (χ2v) is 5.61. The Labute approximate surface area is 124 Å². The highest BCUT2D eigenvalue weighted by Gasteiger charge is 2.13. The summed E-state index contributed by atoms with van der Waals surface area (Å²) in [5, 5.41) is 0. The number of H-pyrrole nitrogens is 1. The van der Waals surface area contributed by atoms with Crippen molar-refractivity contribution in [1.82, 2.24) is 15.0 Å². The molecule has 1 N–H and O–H groups in total. The molecule has 5 heteroatoms. The van der Waals surface area contributed by atoms with E-state index in [1.807, 2.05) is 19.9 Å². The van der Waals surface area contributed by atoms with Gasteiger partial charge < -0.3 is 9.72 Å². The highest BCUT2D eigenvalue weighted by Crippen LogP contribution is 2.29. The molecule has 2 heterocycles. The largest absolute Gasteiger partial charge is 0.489 e. The van der Waals surface area contributed by atoms with Gasteiger partial charge in [-0.15, -0.1) is 0 Å². The molecule has 0 spiro atoms. The number of aromatic nitrogens is 3. The minimum absolute atomic E-state index is 0.118. The highest BCUT2D eigenvalue weighted by atomic mass is 32.1. The average Bonchev–Trinajstić information content (AvgIpc) is 2.37. The number of pyridine rings is 1. The molecule has 2 aromatic heterocycles. The summed E-state index contributed by atoms with van der Waals surface area (Å²) in [6, 6.07) is 1.97. The van der Waals surface area contributed by atoms with Crippen molar-refractivity contribution in [1.29, 1.82) is 0 Å².